The molecule has 0 saturated heterocycles. The quantitative estimate of drug-likeness (QED) is 0.670. The topological polar surface area (TPSA) is 127 Å². The molecule has 10 nitrogen and oxygen atoms in total. The van der Waals surface area contributed by atoms with Crippen LogP contribution >= 0.6 is 0 Å². The number of pyridine rings is 1. The van der Waals surface area contributed by atoms with Crippen molar-refractivity contribution in [2.45, 2.75) is 13.1 Å². The van der Waals surface area contributed by atoms with Gasteiger partial charge in [0.15, 0.2) is 0 Å². The van der Waals surface area contributed by atoms with Crippen molar-refractivity contribution >= 4 is 5.91 Å². The van der Waals surface area contributed by atoms with Gasteiger partial charge in [0, 0.05) is 37.3 Å². The van der Waals surface area contributed by atoms with E-state index in [1.54, 1.807) is 31.6 Å². The van der Waals surface area contributed by atoms with E-state index < -0.39 is 11.2 Å². The molecular formula is C15H14N6O4. The summed E-state index contributed by atoms with van der Waals surface area (Å²) in [7, 11) is 1.55. The fourth-order valence-corrected chi connectivity index (χ4v) is 2.06. The van der Waals surface area contributed by atoms with Crippen LogP contribution in [0.25, 0.3) is 11.4 Å². The lowest BCUT2D eigenvalue weighted by atomic mass is 10.3. The minimum Gasteiger partial charge on any atom is -0.337 e. The zero-order valence-electron chi connectivity index (χ0n) is 13.2. The lowest BCUT2D eigenvalue weighted by Gasteiger charge is -2.15. The molecule has 0 saturated carbocycles. The number of amides is 1. The summed E-state index contributed by atoms with van der Waals surface area (Å²) in [5.74, 6) is 0.277. The van der Waals surface area contributed by atoms with E-state index in [-0.39, 0.29) is 24.9 Å². The molecule has 0 aromatic carbocycles. The van der Waals surface area contributed by atoms with E-state index in [9.17, 15) is 14.4 Å². The number of hydrogen-bond acceptors (Lipinski definition) is 7. The molecule has 0 radical (unpaired) electrons. The van der Waals surface area contributed by atoms with Crippen LogP contribution in [0.3, 0.4) is 0 Å². The highest BCUT2D eigenvalue weighted by molar-refractivity contribution is 5.75. The monoisotopic (exact) mass is 342 g/mol. The fourth-order valence-electron chi connectivity index (χ4n) is 2.06. The van der Waals surface area contributed by atoms with Gasteiger partial charge >= 0.3 is 5.69 Å². The van der Waals surface area contributed by atoms with Crippen LogP contribution in [0.2, 0.25) is 0 Å². The fraction of sp³-hybridized carbons (Fsp3) is 0.200. The normalized spacial score (nSPS) is 10.6. The van der Waals surface area contributed by atoms with Crippen molar-refractivity contribution in [3.8, 4) is 11.4 Å². The van der Waals surface area contributed by atoms with E-state index in [0.717, 1.165) is 4.57 Å². The van der Waals surface area contributed by atoms with Gasteiger partial charge in [0.05, 0.1) is 6.54 Å². The van der Waals surface area contributed by atoms with Crippen molar-refractivity contribution in [2.24, 2.45) is 0 Å². The largest absolute Gasteiger partial charge is 0.337 e. The summed E-state index contributed by atoms with van der Waals surface area (Å²) >= 11 is 0. The molecule has 0 aliphatic carbocycles. The Morgan fingerprint density at radius 2 is 2.20 bits per heavy atom. The molecule has 0 spiro atoms. The van der Waals surface area contributed by atoms with Gasteiger partial charge in [0.1, 0.15) is 6.54 Å². The highest BCUT2D eigenvalue weighted by atomic mass is 16.5. The highest BCUT2D eigenvalue weighted by Crippen LogP contribution is 2.14. The highest BCUT2D eigenvalue weighted by Gasteiger charge is 2.15. The third-order valence-electron chi connectivity index (χ3n) is 3.39. The summed E-state index contributed by atoms with van der Waals surface area (Å²) in [5.41, 5.74) is -0.465. The molecule has 1 amide bonds. The number of aromatic nitrogens is 5. The third kappa shape index (κ3) is 3.86. The van der Waals surface area contributed by atoms with Crippen LogP contribution in [0.5, 0.6) is 0 Å². The van der Waals surface area contributed by atoms with Crippen molar-refractivity contribution in [2.75, 3.05) is 7.05 Å². The summed E-state index contributed by atoms with van der Waals surface area (Å²) < 4.78 is 6.24. The Labute approximate surface area is 140 Å². The van der Waals surface area contributed by atoms with Crippen molar-refractivity contribution < 1.29 is 9.32 Å². The maximum Gasteiger partial charge on any atom is 0.328 e. The summed E-state index contributed by atoms with van der Waals surface area (Å²) in [6.45, 7) is -0.125. The van der Waals surface area contributed by atoms with Crippen LogP contribution in [0, 0.1) is 0 Å². The first-order valence-corrected chi connectivity index (χ1v) is 7.29. The first-order chi connectivity index (χ1) is 12.0. The number of H-pyrrole nitrogens is 1. The molecule has 1 N–H and O–H groups in total. The molecule has 0 unspecified atom stereocenters. The smallest absolute Gasteiger partial charge is 0.328 e. The Balaban J connectivity index is 1.67. The number of likely N-dealkylation sites (N-methyl/N-ethyl adjacent to an activating group) is 1. The third-order valence-corrected chi connectivity index (χ3v) is 3.39. The zero-order valence-corrected chi connectivity index (χ0v) is 13.2. The molecular weight excluding hydrogens is 328 g/mol. The van der Waals surface area contributed by atoms with E-state index in [1.807, 2.05) is 0 Å². The second kappa shape index (κ2) is 6.91. The Kier molecular flexibility index (Phi) is 4.50. The van der Waals surface area contributed by atoms with Gasteiger partial charge in [-0.2, -0.15) is 4.98 Å². The number of carbonyl (C=O) groups is 1. The summed E-state index contributed by atoms with van der Waals surface area (Å²) in [4.78, 5) is 46.5. The van der Waals surface area contributed by atoms with Crippen LogP contribution in [0.4, 0.5) is 0 Å². The molecule has 3 heterocycles. The van der Waals surface area contributed by atoms with Crippen molar-refractivity contribution in [3.05, 3.63) is 63.5 Å². The Morgan fingerprint density at radius 3 is 2.92 bits per heavy atom. The summed E-state index contributed by atoms with van der Waals surface area (Å²) in [5, 5.41) is 3.85. The second-order valence-corrected chi connectivity index (χ2v) is 5.24. The van der Waals surface area contributed by atoms with E-state index >= 15 is 0 Å². The lowest BCUT2D eigenvalue weighted by Crippen LogP contribution is -2.36. The molecule has 0 aliphatic heterocycles. The van der Waals surface area contributed by atoms with Crippen LogP contribution in [0.1, 0.15) is 5.89 Å². The standard InChI is InChI=1S/C15H14N6O4/c1-20(13(23)9-21-6-4-11(22)17-15(21)24)8-12-18-14(19-25-12)10-3-2-5-16-7-10/h2-7H,8-9H2,1H3,(H,17,22,24). The van der Waals surface area contributed by atoms with Crippen LogP contribution in [-0.4, -0.2) is 42.5 Å². The molecule has 128 valence electrons. The molecule has 3 rings (SSSR count). The SMILES string of the molecule is CN(Cc1nc(-c2cccnc2)no1)C(=O)Cn1ccc(=O)[nH]c1=O. The van der Waals surface area contributed by atoms with E-state index in [1.165, 1.54) is 17.2 Å². The minimum atomic E-state index is -0.647. The van der Waals surface area contributed by atoms with Crippen LogP contribution in [0.15, 0.2) is 50.9 Å². The maximum atomic E-state index is 12.2. The second-order valence-electron chi connectivity index (χ2n) is 5.24. The average Bonchev–Trinajstić information content (AvgIpc) is 3.06. The first kappa shape index (κ1) is 16.3. The molecule has 0 atom stereocenters. The number of aromatic amines is 1. The Bertz CT molecular complexity index is 991. The molecule has 0 aliphatic rings. The van der Waals surface area contributed by atoms with Gasteiger partial charge in [-0.1, -0.05) is 5.16 Å². The van der Waals surface area contributed by atoms with Gasteiger partial charge in [0.2, 0.25) is 17.6 Å². The minimum absolute atomic E-state index is 0.0875. The Hall–Kier alpha value is -3.56. The van der Waals surface area contributed by atoms with Gasteiger partial charge < -0.3 is 9.42 Å². The zero-order chi connectivity index (χ0) is 17.8. The Morgan fingerprint density at radius 1 is 1.36 bits per heavy atom. The van der Waals surface area contributed by atoms with Crippen LogP contribution < -0.4 is 11.2 Å². The number of carbonyl (C=O) groups excluding carboxylic acids is 1. The van der Waals surface area contributed by atoms with Gasteiger partial charge in [-0.15, -0.1) is 0 Å². The average molecular weight is 342 g/mol. The van der Waals surface area contributed by atoms with E-state index in [2.05, 4.69) is 20.1 Å². The van der Waals surface area contributed by atoms with Crippen LogP contribution in [-0.2, 0) is 17.9 Å². The summed E-state index contributed by atoms with van der Waals surface area (Å²) in [6.07, 6.45) is 4.50. The van der Waals surface area contributed by atoms with Crippen molar-refractivity contribution in [3.63, 3.8) is 0 Å². The number of rotatable bonds is 5. The molecule has 0 bridgehead atoms. The molecule has 10 heteroatoms. The van der Waals surface area contributed by atoms with E-state index in [4.69, 9.17) is 4.52 Å². The predicted molar refractivity (Wildman–Crippen MR) is 85.3 cm³/mol. The van der Waals surface area contributed by atoms with Gasteiger partial charge in [0.25, 0.3) is 5.56 Å². The molecule has 3 aromatic rings. The van der Waals surface area contributed by atoms with Gasteiger partial charge in [-0.25, -0.2) is 4.79 Å². The first-order valence-electron chi connectivity index (χ1n) is 7.29. The number of hydrogen-bond donors (Lipinski definition) is 1. The molecule has 0 fully saturated rings. The van der Waals surface area contributed by atoms with Crippen molar-refractivity contribution in [1.82, 2.24) is 29.6 Å². The van der Waals surface area contributed by atoms with Gasteiger partial charge in [-0.3, -0.25) is 24.1 Å². The van der Waals surface area contributed by atoms with Gasteiger partial charge in [-0.05, 0) is 12.1 Å². The molecule has 25 heavy (non-hydrogen) atoms. The number of nitrogens with zero attached hydrogens (tertiary/aromatic N) is 5. The maximum absolute atomic E-state index is 12.2. The van der Waals surface area contributed by atoms with E-state index in [0.29, 0.717) is 11.4 Å². The predicted octanol–water partition coefficient (Wildman–Crippen LogP) is -0.360. The summed E-state index contributed by atoms with van der Waals surface area (Å²) in [6, 6.07) is 4.72. The number of nitrogens with one attached hydrogen (secondary N) is 1. The molecule has 3 aromatic heterocycles. The lowest BCUT2D eigenvalue weighted by molar-refractivity contribution is -0.131. The van der Waals surface area contributed by atoms with Crippen molar-refractivity contribution in [1.29, 1.82) is 0 Å².